The number of amides is 1. The number of nitrogens with zero attached hydrogens (tertiary/aromatic N) is 2. The first kappa shape index (κ1) is 18.9. The summed E-state index contributed by atoms with van der Waals surface area (Å²) in [4.78, 5) is 18.1. The zero-order chi connectivity index (χ0) is 18.5. The third kappa shape index (κ3) is 4.65. The van der Waals surface area contributed by atoms with Crippen LogP contribution in [0, 0.1) is 0 Å². The number of hydrogen-bond acceptors (Lipinski definition) is 4. The number of halogens is 1. The van der Waals surface area contributed by atoms with Gasteiger partial charge in [-0.1, -0.05) is 17.7 Å². The molecule has 1 saturated heterocycles. The van der Waals surface area contributed by atoms with Gasteiger partial charge in [0.05, 0.1) is 12.4 Å². The molecular weight excluding hydrogens is 368 g/mol. The molecule has 1 aliphatic rings. The number of ether oxygens (including phenoxy) is 1. The van der Waals surface area contributed by atoms with Gasteiger partial charge >= 0.3 is 0 Å². The fraction of sp³-hybridized carbons (Fsp3) is 0.350. The van der Waals surface area contributed by atoms with Gasteiger partial charge in [0.1, 0.15) is 5.75 Å². The molecule has 1 fully saturated rings. The Hall–Kier alpha value is -1.85. The summed E-state index contributed by atoms with van der Waals surface area (Å²) in [6.45, 7) is 5.10. The first-order chi connectivity index (χ1) is 12.6. The summed E-state index contributed by atoms with van der Waals surface area (Å²) in [5, 5.41) is 0.599. The summed E-state index contributed by atoms with van der Waals surface area (Å²) in [5.41, 5.74) is 1.14. The Morgan fingerprint density at radius 2 is 1.81 bits per heavy atom. The summed E-state index contributed by atoms with van der Waals surface area (Å²) in [5.74, 6) is 1.05. The normalized spacial score (nSPS) is 15.7. The monoisotopic (exact) mass is 390 g/mol. The van der Waals surface area contributed by atoms with Crippen molar-refractivity contribution in [1.82, 2.24) is 4.90 Å². The van der Waals surface area contributed by atoms with Gasteiger partial charge in [0, 0.05) is 47.9 Å². The Balaban J connectivity index is 1.55. The van der Waals surface area contributed by atoms with E-state index in [9.17, 15) is 4.79 Å². The van der Waals surface area contributed by atoms with Gasteiger partial charge in [-0.25, -0.2) is 0 Å². The highest BCUT2D eigenvalue weighted by atomic mass is 35.5. The molecule has 6 heteroatoms. The third-order valence-corrected chi connectivity index (χ3v) is 5.84. The molecule has 4 nitrogen and oxygen atoms in total. The molecule has 2 aromatic rings. The molecule has 1 aliphatic heterocycles. The summed E-state index contributed by atoms with van der Waals surface area (Å²) < 4.78 is 5.30. The minimum Gasteiger partial charge on any atom is -0.497 e. The number of hydrogen-bond donors (Lipinski definition) is 0. The highest BCUT2D eigenvalue weighted by Crippen LogP contribution is 2.27. The number of anilines is 1. The number of carbonyl (C=O) groups excluding carboxylic acids is 1. The maximum absolute atomic E-state index is 12.8. The standard InChI is InChI=1S/C20H23ClN2O2S/c1-15(26-19-8-6-16(21)7-9-19)20(24)23-12-10-22(11-13-23)17-4-3-5-18(14-17)25-2/h3-9,14-15H,10-13H2,1-2H3. The van der Waals surface area contributed by atoms with Crippen LogP contribution in [0.15, 0.2) is 53.4 Å². The molecule has 0 radical (unpaired) electrons. The van der Waals surface area contributed by atoms with Crippen LogP contribution in [0.1, 0.15) is 6.92 Å². The van der Waals surface area contributed by atoms with Crippen LogP contribution in [-0.2, 0) is 4.79 Å². The zero-order valence-electron chi connectivity index (χ0n) is 15.0. The van der Waals surface area contributed by atoms with Gasteiger partial charge in [-0.05, 0) is 43.3 Å². The van der Waals surface area contributed by atoms with E-state index < -0.39 is 0 Å². The summed E-state index contributed by atoms with van der Waals surface area (Å²) >= 11 is 7.49. The first-order valence-electron chi connectivity index (χ1n) is 8.67. The van der Waals surface area contributed by atoms with Gasteiger partial charge in [-0.3, -0.25) is 4.79 Å². The van der Waals surface area contributed by atoms with Gasteiger partial charge in [0.15, 0.2) is 0 Å². The largest absolute Gasteiger partial charge is 0.497 e. The average Bonchev–Trinajstić information content (AvgIpc) is 2.69. The zero-order valence-corrected chi connectivity index (χ0v) is 16.6. The van der Waals surface area contributed by atoms with E-state index in [1.807, 2.05) is 54.3 Å². The van der Waals surface area contributed by atoms with E-state index in [0.717, 1.165) is 42.5 Å². The maximum atomic E-state index is 12.8. The molecule has 138 valence electrons. The summed E-state index contributed by atoms with van der Waals surface area (Å²) in [7, 11) is 1.68. The lowest BCUT2D eigenvalue weighted by atomic mass is 10.2. The lowest BCUT2D eigenvalue weighted by molar-refractivity contribution is -0.130. The molecule has 0 bridgehead atoms. The van der Waals surface area contributed by atoms with Gasteiger partial charge in [0.2, 0.25) is 5.91 Å². The van der Waals surface area contributed by atoms with E-state index in [0.29, 0.717) is 5.02 Å². The lowest BCUT2D eigenvalue weighted by Gasteiger charge is -2.37. The molecule has 3 rings (SSSR count). The second-order valence-electron chi connectivity index (χ2n) is 6.23. The number of carbonyl (C=O) groups is 1. The number of piperazine rings is 1. The molecule has 0 saturated carbocycles. The second kappa shape index (κ2) is 8.69. The number of rotatable bonds is 5. The smallest absolute Gasteiger partial charge is 0.235 e. The molecule has 1 atom stereocenters. The predicted octanol–water partition coefficient (Wildman–Crippen LogP) is 4.18. The minimum atomic E-state index is -0.112. The van der Waals surface area contributed by atoms with Crippen LogP contribution in [0.3, 0.4) is 0 Å². The van der Waals surface area contributed by atoms with Crippen molar-refractivity contribution in [3.63, 3.8) is 0 Å². The van der Waals surface area contributed by atoms with Crippen molar-refractivity contribution in [2.24, 2.45) is 0 Å². The maximum Gasteiger partial charge on any atom is 0.235 e. The molecule has 1 unspecified atom stereocenters. The van der Waals surface area contributed by atoms with Gasteiger partial charge < -0.3 is 14.5 Å². The van der Waals surface area contributed by atoms with E-state index in [4.69, 9.17) is 16.3 Å². The first-order valence-corrected chi connectivity index (χ1v) is 9.92. The van der Waals surface area contributed by atoms with Crippen LogP contribution >= 0.6 is 23.4 Å². The second-order valence-corrected chi connectivity index (χ2v) is 8.08. The molecule has 0 N–H and O–H groups in total. The van der Waals surface area contributed by atoms with Crippen LogP contribution in [0.2, 0.25) is 5.02 Å². The molecule has 0 aromatic heterocycles. The number of methoxy groups -OCH3 is 1. The van der Waals surface area contributed by atoms with Crippen molar-refractivity contribution < 1.29 is 9.53 Å². The SMILES string of the molecule is COc1cccc(N2CCN(C(=O)C(C)Sc3ccc(Cl)cc3)CC2)c1. The number of thioether (sulfide) groups is 1. The van der Waals surface area contributed by atoms with Gasteiger partial charge in [-0.2, -0.15) is 0 Å². The molecule has 0 spiro atoms. The topological polar surface area (TPSA) is 32.8 Å². The van der Waals surface area contributed by atoms with Crippen molar-refractivity contribution in [1.29, 1.82) is 0 Å². The summed E-state index contributed by atoms with van der Waals surface area (Å²) in [6, 6.07) is 15.7. The fourth-order valence-corrected chi connectivity index (χ4v) is 4.09. The predicted molar refractivity (Wildman–Crippen MR) is 109 cm³/mol. The van der Waals surface area contributed by atoms with E-state index in [2.05, 4.69) is 11.0 Å². The van der Waals surface area contributed by atoms with Crippen LogP contribution < -0.4 is 9.64 Å². The van der Waals surface area contributed by atoms with E-state index in [1.54, 1.807) is 18.9 Å². The molecule has 0 aliphatic carbocycles. The molecule has 1 amide bonds. The van der Waals surface area contributed by atoms with Crippen LogP contribution in [0.5, 0.6) is 5.75 Å². The Bertz CT molecular complexity index is 746. The lowest BCUT2D eigenvalue weighted by Crippen LogP contribution is -2.50. The van der Waals surface area contributed by atoms with Gasteiger partial charge in [0.25, 0.3) is 0 Å². The molecule has 2 aromatic carbocycles. The minimum absolute atomic E-state index is 0.112. The van der Waals surface area contributed by atoms with Crippen LogP contribution in [-0.4, -0.2) is 49.3 Å². The van der Waals surface area contributed by atoms with Gasteiger partial charge in [-0.15, -0.1) is 11.8 Å². The van der Waals surface area contributed by atoms with Crippen LogP contribution in [0.4, 0.5) is 5.69 Å². The summed E-state index contributed by atoms with van der Waals surface area (Å²) in [6.07, 6.45) is 0. The third-order valence-electron chi connectivity index (χ3n) is 4.48. The van der Waals surface area contributed by atoms with E-state index >= 15 is 0 Å². The van der Waals surface area contributed by atoms with E-state index in [1.165, 1.54) is 0 Å². The average molecular weight is 391 g/mol. The molecule has 26 heavy (non-hydrogen) atoms. The highest BCUT2D eigenvalue weighted by molar-refractivity contribution is 8.00. The Kier molecular flexibility index (Phi) is 6.33. The molecule has 1 heterocycles. The quantitative estimate of drug-likeness (QED) is 0.717. The van der Waals surface area contributed by atoms with Crippen molar-refractivity contribution in [3.05, 3.63) is 53.6 Å². The number of benzene rings is 2. The Morgan fingerprint density at radius 3 is 2.46 bits per heavy atom. The van der Waals surface area contributed by atoms with Crippen molar-refractivity contribution in [2.45, 2.75) is 17.1 Å². The highest BCUT2D eigenvalue weighted by Gasteiger charge is 2.25. The fourth-order valence-electron chi connectivity index (χ4n) is 3.02. The molecular formula is C20H23ClN2O2S. The van der Waals surface area contributed by atoms with Crippen molar-refractivity contribution in [2.75, 3.05) is 38.2 Å². The van der Waals surface area contributed by atoms with Crippen molar-refractivity contribution in [3.8, 4) is 5.75 Å². The van der Waals surface area contributed by atoms with E-state index in [-0.39, 0.29) is 11.2 Å². The van der Waals surface area contributed by atoms with Crippen molar-refractivity contribution >= 4 is 35.0 Å². The Morgan fingerprint density at radius 1 is 1.12 bits per heavy atom. The Labute approximate surface area is 164 Å². The van der Waals surface area contributed by atoms with Crippen LogP contribution in [0.25, 0.3) is 0 Å².